The Labute approximate surface area is 213 Å². The number of hydrogen-bond acceptors (Lipinski definition) is 9. The van der Waals surface area contributed by atoms with Crippen molar-refractivity contribution in [1.82, 2.24) is 14.8 Å². The summed E-state index contributed by atoms with van der Waals surface area (Å²) in [5.74, 6) is -0.618. The highest BCUT2D eigenvalue weighted by molar-refractivity contribution is 6.30. The number of halogens is 1. The van der Waals surface area contributed by atoms with E-state index >= 15 is 0 Å². The third kappa shape index (κ3) is 6.29. The van der Waals surface area contributed by atoms with Crippen LogP contribution in [0.2, 0.25) is 5.02 Å². The van der Waals surface area contributed by atoms with Gasteiger partial charge in [0.15, 0.2) is 6.35 Å². The molecule has 2 aromatic carbocycles. The van der Waals surface area contributed by atoms with Crippen LogP contribution >= 0.6 is 11.6 Å². The van der Waals surface area contributed by atoms with Crippen LogP contribution in [0.5, 0.6) is 11.6 Å². The molecule has 0 bridgehead atoms. The molecule has 188 valence electrons. The number of guanidine groups is 1. The maximum Gasteiger partial charge on any atom is 0.307 e. The lowest BCUT2D eigenvalue weighted by molar-refractivity contribution is -0.172. The molecule has 0 aliphatic carbocycles. The number of anilines is 1. The lowest BCUT2D eigenvalue weighted by Gasteiger charge is -2.43. The molecule has 0 saturated carbocycles. The fraction of sp³-hybridized carbons (Fsp3) is 0.240. The fourth-order valence-corrected chi connectivity index (χ4v) is 3.68. The minimum Gasteiger partial charge on any atom is -0.481 e. The Morgan fingerprint density at radius 3 is 2.47 bits per heavy atom. The number of rotatable bonds is 8. The third-order valence-electron chi connectivity index (χ3n) is 5.52. The zero-order valence-corrected chi connectivity index (χ0v) is 20.2. The number of benzene rings is 2. The number of aliphatic imine (C=N–C) groups is 1. The summed E-state index contributed by atoms with van der Waals surface area (Å²) >= 11 is 6.00. The molecule has 0 saturated heterocycles. The van der Waals surface area contributed by atoms with Crippen molar-refractivity contribution < 1.29 is 24.9 Å². The van der Waals surface area contributed by atoms with Gasteiger partial charge in [0.05, 0.1) is 5.92 Å². The summed E-state index contributed by atoms with van der Waals surface area (Å²) in [7, 11) is 0. The smallest absolute Gasteiger partial charge is 0.307 e. The van der Waals surface area contributed by atoms with E-state index in [0.29, 0.717) is 22.3 Å². The molecule has 10 nitrogen and oxygen atoms in total. The van der Waals surface area contributed by atoms with Crippen LogP contribution < -0.4 is 10.1 Å². The van der Waals surface area contributed by atoms with Gasteiger partial charge in [-0.15, -0.1) is 0 Å². The van der Waals surface area contributed by atoms with Crippen molar-refractivity contribution in [2.75, 3.05) is 11.9 Å². The number of carboxylic acid groups (broad SMARTS) is 1. The van der Waals surface area contributed by atoms with E-state index in [9.17, 15) is 20.1 Å². The van der Waals surface area contributed by atoms with E-state index in [1.807, 2.05) is 18.2 Å². The normalized spacial score (nSPS) is 18.9. The van der Waals surface area contributed by atoms with Crippen LogP contribution in [0.1, 0.15) is 12.5 Å². The molecule has 11 heteroatoms. The second kappa shape index (κ2) is 11.4. The zero-order valence-electron chi connectivity index (χ0n) is 19.4. The first kappa shape index (κ1) is 25.4. The van der Waals surface area contributed by atoms with Gasteiger partial charge < -0.3 is 25.4 Å². The first-order valence-electron chi connectivity index (χ1n) is 11.2. The van der Waals surface area contributed by atoms with Gasteiger partial charge in [-0.25, -0.2) is 14.9 Å². The number of hydrogen-bond donors (Lipinski definition) is 4. The van der Waals surface area contributed by atoms with E-state index in [2.05, 4.69) is 15.3 Å². The largest absolute Gasteiger partial charge is 0.481 e. The van der Waals surface area contributed by atoms with Gasteiger partial charge in [0.1, 0.15) is 5.75 Å². The van der Waals surface area contributed by atoms with Gasteiger partial charge in [0.25, 0.3) is 0 Å². The van der Waals surface area contributed by atoms with Crippen molar-refractivity contribution in [2.24, 2.45) is 10.9 Å². The number of carboxylic acids is 1. The van der Waals surface area contributed by atoms with E-state index in [0.717, 1.165) is 5.56 Å². The number of nitrogens with one attached hydrogen (secondary N) is 1. The van der Waals surface area contributed by atoms with Crippen LogP contribution in [-0.2, 0) is 11.3 Å². The first-order chi connectivity index (χ1) is 17.3. The molecule has 3 atom stereocenters. The summed E-state index contributed by atoms with van der Waals surface area (Å²) < 4.78 is 5.71. The number of nitrogens with zero attached hydrogens (tertiary/aromatic N) is 4. The molecule has 0 fully saturated rings. The molecule has 36 heavy (non-hydrogen) atoms. The first-order valence-corrected chi connectivity index (χ1v) is 11.6. The van der Waals surface area contributed by atoms with Crippen LogP contribution in [0.3, 0.4) is 0 Å². The summed E-state index contributed by atoms with van der Waals surface area (Å²) in [4.78, 5) is 22.5. The molecule has 4 N–H and O–H groups in total. The van der Waals surface area contributed by atoms with Crippen molar-refractivity contribution >= 4 is 29.2 Å². The van der Waals surface area contributed by atoms with Crippen LogP contribution in [0, 0.1) is 5.92 Å². The van der Waals surface area contributed by atoms with Gasteiger partial charge in [-0.1, -0.05) is 36.7 Å². The maximum absolute atomic E-state index is 11.4. The van der Waals surface area contributed by atoms with Crippen molar-refractivity contribution in [2.45, 2.75) is 26.2 Å². The van der Waals surface area contributed by atoms with Gasteiger partial charge in [0, 0.05) is 36.1 Å². The predicted molar refractivity (Wildman–Crippen MR) is 134 cm³/mol. The van der Waals surface area contributed by atoms with Crippen LogP contribution in [0.25, 0.3) is 0 Å². The summed E-state index contributed by atoms with van der Waals surface area (Å²) in [5, 5.41) is 34.7. The maximum atomic E-state index is 11.4. The van der Waals surface area contributed by atoms with Crippen LogP contribution in [0.4, 0.5) is 5.69 Å². The average Bonchev–Trinajstić information content (AvgIpc) is 2.87. The lowest BCUT2D eigenvalue weighted by atomic mass is 10.1. The van der Waals surface area contributed by atoms with E-state index in [-0.39, 0.29) is 19.0 Å². The minimum atomic E-state index is -1.45. The van der Waals surface area contributed by atoms with E-state index in [4.69, 9.17) is 16.3 Å². The molecule has 4 rings (SSSR count). The summed E-state index contributed by atoms with van der Waals surface area (Å²) in [6, 6.07) is 19.5. The Hall–Kier alpha value is -3.70. The molecule has 1 aromatic heterocycles. The molecule has 2 heterocycles. The van der Waals surface area contributed by atoms with Gasteiger partial charge >= 0.3 is 5.97 Å². The molecule has 0 radical (unpaired) electrons. The quantitative estimate of drug-likeness (QED) is 0.359. The van der Waals surface area contributed by atoms with Crippen LogP contribution in [0.15, 0.2) is 77.9 Å². The number of carbonyl (C=O) groups is 1. The Morgan fingerprint density at radius 1 is 1.11 bits per heavy atom. The number of aliphatic hydroxyl groups is 2. The Kier molecular flexibility index (Phi) is 8.01. The van der Waals surface area contributed by atoms with Gasteiger partial charge in [0.2, 0.25) is 18.2 Å². The van der Waals surface area contributed by atoms with Gasteiger partial charge in [-0.2, -0.15) is 0 Å². The minimum absolute atomic E-state index is 0.106. The second-order valence-electron chi connectivity index (χ2n) is 8.26. The molecular formula is C25H26ClN5O5. The van der Waals surface area contributed by atoms with E-state index in [1.54, 1.807) is 54.7 Å². The number of pyridine rings is 1. The topological polar surface area (TPSA) is 131 Å². The molecule has 1 aliphatic heterocycles. The number of ether oxygens (including phenoxy) is 1. The third-order valence-corrected chi connectivity index (χ3v) is 5.78. The molecular weight excluding hydrogens is 486 g/mol. The van der Waals surface area contributed by atoms with Crippen molar-refractivity contribution in [1.29, 1.82) is 0 Å². The van der Waals surface area contributed by atoms with Crippen LogP contribution in [-0.4, -0.2) is 61.3 Å². The second-order valence-corrected chi connectivity index (χ2v) is 8.69. The Bertz CT molecular complexity index is 1190. The lowest BCUT2D eigenvalue weighted by Crippen LogP contribution is -2.60. The Balaban J connectivity index is 1.55. The summed E-state index contributed by atoms with van der Waals surface area (Å²) in [6.45, 7) is 1.61. The highest BCUT2D eigenvalue weighted by Gasteiger charge is 2.37. The monoisotopic (exact) mass is 511 g/mol. The predicted octanol–water partition coefficient (Wildman–Crippen LogP) is 3.39. The molecule has 2 unspecified atom stereocenters. The number of aliphatic carboxylic acids is 1. The summed E-state index contributed by atoms with van der Waals surface area (Å²) in [5.41, 5.74) is 1.46. The average molecular weight is 512 g/mol. The van der Waals surface area contributed by atoms with Gasteiger partial charge in [-0.05, 0) is 48.0 Å². The van der Waals surface area contributed by atoms with Gasteiger partial charge in [-0.3, -0.25) is 9.69 Å². The van der Waals surface area contributed by atoms with E-state index in [1.165, 1.54) is 16.7 Å². The molecule has 3 aromatic rings. The Morgan fingerprint density at radius 2 is 1.83 bits per heavy atom. The standard InChI is InChI=1S/C25H26ClN5O5/c1-16(22(32)33)14-31-24(34)29-23(30(25(31)35)15-17-5-7-18(26)8-6-17)28-19-9-11-20(12-10-19)36-21-4-2-3-13-27-21/h2-13,16,24-25,34-35H,14-15H2,1H3,(H,28,29)(H,32,33)/t16-,24?,25?/m0/s1. The zero-order chi connectivity index (χ0) is 25.7. The van der Waals surface area contributed by atoms with E-state index < -0.39 is 24.6 Å². The highest BCUT2D eigenvalue weighted by Crippen LogP contribution is 2.25. The fourth-order valence-electron chi connectivity index (χ4n) is 3.56. The van der Waals surface area contributed by atoms with Crippen molar-refractivity contribution in [3.8, 4) is 11.6 Å². The van der Waals surface area contributed by atoms with Crippen molar-refractivity contribution in [3.63, 3.8) is 0 Å². The molecule has 0 spiro atoms. The SMILES string of the molecule is C[C@@H](CN1C(O)N=C(Nc2ccc(Oc3ccccn3)cc2)N(Cc2ccc(Cl)cc2)C1O)C(=O)O. The van der Waals surface area contributed by atoms with Crippen molar-refractivity contribution in [3.05, 3.63) is 83.5 Å². The molecule has 0 amide bonds. The highest BCUT2D eigenvalue weighted by atomic mass is 35.5. The summed E-state index contributed by atoms with van der Waals surface area (Å²) in [6.07, 6.45) is -1.15. The number of aromatic nitrogens is 1. The molecule has 1 aliphatic rings. The number of aliphatic hydroxyl groups excluding tert-OH is 2.